The van der Waals surface area contributed by atoms with E-state index in [0.29, 0.717) is 12.5 Å². The van der Waals surface area contributed by atoms with Gasteiger partial charge in [-0.2, -0.15) is 11.8 Å². The number of benzene rings is 1. The Morgan fingerprint density at radius 2 is 2.04 bits per heavy atom. The number of hydrogen-bond acceptors (Lipinski definition) is 4. The average Bonchev–Trinajstić information content (AvgIpc) is 2.54. The Kier molecular flexibility index (Phi) is 10.3. The Morgan fingerprint density at radius 3 is 2.64 bits per heavy atom. The lowest BCUT2D eigenvalue weighted by Crippen LogP contribution is -2.43. The van der Waals surface area contributed by atoms with Crippen molar-refractivity contribution < 1.29 is 9.53 Å². The first-order chi connectivity index (χ1) is 11.5. The van der Waals surface area contributed by atoms with Gasteiger partial charge in [0, 0.05) is 36.6 Å². The first-order valence-corrected chi connectivity index (χ1v) is 10.0. The largest absolute Gasteiger partial charge is 0.491 e. The molecule has 2 rings (SSSR count). The third kappa shape index (κ3) is 8.84. The molecule has 1 aliphatic heterocycles. The van der Waals surface area contributed by atoms with E-state index in [1.54, 1.807) is 0 Å². The molecule has 0 radical (unpaired) electrons. The summed E-state index contributed by atoms with van der Waals surface area (Å²) in [6.07, 6.45) is 2.69. The van der Waals surface area contributed by atoms with Crippen molar-refractivity contribution in [1.82, 2.24) is 10.6 Å². The van der Waals surface area contributed by atoms with E-state index in [9.17, 15) is 4.79 Å². The van der Waals surface area contributed by atoms with Gasteiger partial charge in [-0.25, -0.2) is 0 Å². The van der Waals surface area contributed by atoms with Crippen molar-refractivity contribution in [2.75, 3.05) is 18.1 Å². The molecule has 1 saturated heterocycles. The molecule has 0 spiro atoms. The molecule has 1 aromatic rings. The number of thioether (sulfide) groups is 1. The molecule has 142 valence electrons. The van der Waals surface area contributed by atoms with Crippen LogP contribution in [0.5, 0.6) is 5.75 Å². The molecule has 1 aromatic carbocycles. The van der Waals surface area contributed by atoms with Crippen LogP contribution < -0.4 is 15.4 Å². The Morgan fingerprint density at radius 1 is 1.32 bits per heavy atom. The van der Waals surface area contributed by atoms with E-state index in [-0.39, 0.29) is 30.5 Å². The zero-order chi connectivity index (χ0) is 17.4. The van der Waals surface area contributed by atoms with Crippen LogP contribution >= 0.6 is 24.2 Å². The fourth-order valence-electron chi connectivity index (χ4n) is 2.77. The Bertz CT molecular complexity index is 505. The van der Waals surface area contributed by atoms with Crippen LogP contribution in [0.4, 0.5) is 0 Å². The minimum Gasteiger partial charge on any atom is -0.491 e. The second-order valence-electron chi connectivity index (χ2n) is 6.75. The predicted octanol–water partition coefficient (Wildman–Crippen LogP) is 3.43. The summed E-state index contributed by atoms with van der Waals surface area (Å²) in [6.45, 7) is 7.14. The van der Waals surface area contributed by atoms with Crippen LogP contribution in [0.15, 0.2) is 24.3 Å². The molecular formula is C19H31ClN2O2S. The number of rotatable bonds is 8. The summed E-state index contributed by atoms with van der Waals surface area (Å²) in [5.41, 5.74) is 1.28. The molecule has 25 heavy (non-hydrogen) atoms. The van der Waals surface area contributed by atoms with Gasteiger partial charge in [0.1, 0.15) is 5.75 Å². The number of halogens is 1. The molecule has 0 aromatic heterocycles. The number of carbonyl (C=O) groups is 1. The molecule has 0 aliphatic carbocycles. The summed E-state index contributed by atoms with van der Waals surface area (Å²) < 4.78 is 5.65. The van der Waals surface area contributed by atoms with E-state index >= 15 is 0 Å². The van der Waals surface area contributed by atoms with Gasteiger partial charge in [0.25, 0.3) is 0 Å². The van der Waals surface area contributed by atoms with Crippen LogP contribution in [-0.4, -0.2) is 42.1 Å². The second kappa shape index (κ2) is 11.7. The molecule has 6 heteroatoms. The van der Waals surface area contributed by atoms with Crippen LogP contribution in [0.25, 0.3) is 0 Å². The maximum atomic E-state index is 12.1. The van der Waals surface area contributed by atoms with Crippen molar-refractivity contribution in [3.8, 4) is 5.75 Å². The van der Waals surface area contributed by atoms with Gasteiger partial charge in [-0.05, 0) is 51.3 Å². The zero-order valence-corrected chi connectivity index (χ0v) is 17.1. The monoisotopic (exact) mass is 386 g/mol. The Balaban J connectivity index is 0.00000312. The molecule has 2 unspecified atom stereocenters. The molecule has 4 nitrogen and oxygen atoms in total. The van der Waals surface area contributed by atoms with Crippen molar-refractivity contribution in [2.24, 2.45) is 0 Å². The van der Waals surface area contributed by atoms with Crippen molar-refractivity contribution in [2.45, 2.75) is 58.2 Å². The lowest BCUT2D eigenvalue weighted by Gasteiger charge is -2.23. The molecule has 1 heterocycles. The Labute approximate surface area is 162 Å². The van der Waals surface area contributed by atoms with E-state index in [4.69, 9.17) is 4.74 Å². The zero-order valence-electron chi connectivity index (χ0n) is 15.4. The van der Waals surface area contributed by atoms with E-state index in [1.165, 1.54) is 5.56 Å². The third-order valence-corrected chi connectivity index (χ3v) is 5.13. The average molecular weight is 387 g/mol. The van der Waals surface area contributed by atoms with E-state index in [1.807, 2.05) is 37.7 Å². The third-order valence-electron chi connectivity index (χ3n) is 4.00. The highest BCUT2D eigenvalue weighted by molar-refractivity contribution is 7.99. The number of hydrogen-bond donors (Lipinski definition) is 2. The molecule has 2 N–H and O–H groups in total. The van der Waals surface area contributed by atoms with Crippen LogP contribution in [-0.2, 0) is 11.2 Å². The fourth-order valence-corrected chi connectivity index (χ4v) is 3.72. The van der Waals surface area contributed by atoms with Gasteiger partial charge in [-0.1, -0.05) is 12.1 Å². The molecule has 1 amide bonds. The first-order valence-electron chi connectivity index (χ1n) is 8.89. The molecule has 1 aliphatic rings. The van der Waals surface area contributed by atoms with Crippen molar-refractivity contribution >= 4 is 30.1 Å². The highest BCUT2D eigenvalue weighted by Gasteiger charge is 2.17. The minimum absolute atomic E-state index is 0. The number of aryl methyl sites for hydroxylation is 1. The Hall–Kier alpha value is -0.910. The fraction of sp³-hybridized carbons (Fsp3) is 0.632. The van der Waals surface area contributed by atoms with Gasteiger partial charge < -0.3 is 15.4 Å². The highest BCUT2D eigenvalue weighted by Crippen LogP contribution is 2.15. The van der Waals surface area contributed by atoms with Gasteiger partial charge >= 0.3 is 0 Å². The summed E-state index contributed by atoms with van der Waals surface area (Å²) in [4.78, 5) is 12.1. The first kappa shape index (κ1) is 22.1. The molecule has 1 fully saturated rings. The van der Waals surface area contributed by atoms with Crippen LogP contribution in [0.3, 0.4) is 0 Å². The summed E-state index contributed by atoms with van der Waals surface area (Å²) in [7, 11) is 0. The normalized spacial score (nSPS) is 18.3. The smallest absolute Gasteiger partial charge is 0.221 e. The number of ether oxygens (including phenoxy) is 1. The standard InChI is InChI=1S/C19H30N2O2S.ClH/c1-14(2)23-18-8-6-16(7-9-18)5-4-15(3)21-19(22)12-17-13-24-11-10-20-17;/h6-9,14-15,17,20H,4-5,10-13H2,1-3H3,(H,21,22);1H. The van der Waals surface area contributed by atoms with Gasteiger partial charge in [0.05, 0.1) is 6.10 Å². The predicted molar refractivity (Wildman–Crippen MR) is 109 cm³/mol. The molecule has 0 saturated carbocycles. The van der Waals surface area contributed by atoms with E-state index in [2.05, 4.69) is 29.7 Å². The van der Waals surface area contributed by atoms with Crippen molar-refractivity contribution in [3.05, 3.63) is 29.8 Å². The van der Waals surface area contributed by atoms with E-state index < -0.39 is 0 Å². The quantitative estimate of drug-likeness (QED) is 0.718. The second-order valence-corrected chi connectivity index (χ2v) is 7.90. The maximum absolute atomic E-state index is 12.1. The SMILES string of the molecule is CC(CCc1ccc(OC(C)C)cc1)NC(=O)CC1CSCCN1.Cl. The van der Waals surface area contributed by atoms with Gasteiger partial charge in [0.2, 0.25) is 5.91 Å². The lowest BCUT2D eigenvalue weighted by atomic mass is 10.1. The molecule has 2 atom stereocenters. The van der Waals surface area contributed by atoms with Gasteiger partial charge in [-0.3, -0.25) is 4.79 Å². The summed E-state index contributed by atoms with van der Waals surface area (Å²) in [6, 6.07) is 8.77. The lowest BCUT2D eigenvalue weighted by molar-refractivity contribution is -0.122. The summed E-state index contributed by atoms with van der Waals surface area (Å²) >= 11 is 1.92. The van der Waals surface area contributed by atoms with Crippen molar-refractivity contribution in [1.29, 1.82) is 0 Å². The minimum atomic E-state index is 0. The summed E-state index contributed by atoms with van der Waals surface area (Å²) in [5.74, 6) is 3.25. The van der Waals surface area contributed by atoms with Crippen LogP contribution in [0, 0.1) is 0 Å². The number of nitrogens with one attached hydrogen (secondary N) is 2. The van der Waals surface area contributed by atoms with Gasteiger partial charge in [-0.15, -0.1) is 12.4 Å². The van der Waals surface area contributed by atoms with Crippen LogP contribution in [0.2, 0.25) is 0 Å². The maximum Gasteiger partial charge on any atom is 0.221 e. The van der Waals surface area contributed by atoms with Crippen molar-refractivity contribution in [3.63, 3.8) is 0 Å². The number of amides is 1. The molecule has 0 bridgehead atoms. The highest BCUT2D eigenvalue weighted by atomic mass is 35.5. The summed E-state index contributed by atoms with van der Waals surface area (Å²) in [5, 5.41) is 6.53. The topological polar surface area (TPSA) is 50.4 Å². The van der Waals surface area contributed by atoms with E-state index in [0.717, 1.165) is 36.6 Å². The molecular weight excluding hydrogens is 356 g/mol. The van der Waals surface area contributed by atoms with Gasteiger partial charge in [0.15, 0.2) is 0 Å². The van der Waals surface area contributed by atoms with Crippen LogP contribution in [0.1, 0.15) is 39.2 Å². The number of carbonyl (C=O) groups excluding carboxylic acids is 1.